The average Bonchev–Trinajstić information content (AvgIpc) is 3.07. The SMILES string of the molecule is CCCCCNc1snc2cc(-c3ccc(OC)c(OC)c3)cnc12. The highest BCUT2D eigenvalue weighted by molar-refractivity contribution is 7.11. The molecule has 3 aromatic rings. The summed E-state index contributed by atoms with van der Waals surface area (Å²) in [5, 5.41) is 4.50. The first-order valence-electron chi connectivity index (χ1n) is 8.48. The van der Waals surface area contributed by atoms with Gasteiger partial charge in [0.1, 0.15) is 16.0 Å². The van der Waals surface area contributed by atoms with E-state index in [0.717, 1.165) is 33.7 Å². The second kappa shape index (κ2) is 8.16. The number of benzene rings is 1. The van der Waals surface area contributed by atoms with Crippen LogP contribution in [0.5, 0.6) is 11.5 Å². The van der Waals surface area contributed by atoms with Crippen molar-refractivity contribution in [1.29, 1.82) is 0 Å². The number of hydrogen-bond acceptors (Lipinski definition) is 6. The van der Waals surface area contributed by atoms with Gasteiger partial charge in [-0.25, -0.2) is 0 Å². The molecule has 0 aliphatic rings. The summed E-state index contributed by atoms with van der Waals surface area (Å²) in [4.78, 5) is 4.63. The summed E-state index contributed by atoms with van der Waals surface area (Å²) in [6.45, 7) is 3.17. The van der Waals surface area contributed by atoms with Gasteiger partial charge >= 0.3 is 0 Å². The zero-order valence-electron chi connectivity index (χ0n) is 14.8. The molecule has 0 atom stereocenters. The smallest absolute Gasteiger partial charge is 0.161 e. The van der Waals surface area contributed by atoms with Crippen molar-refractivity contribution in [2.75, 3.05) is 26.1 Å². The Bertz CT molecular complexity index is 848. The Morgan fingerprint density at radius 3 is 2.64 bits per heavy atom. The van der Waals surface area contributed by atoms with Crippen LogP contribution < -0.4 is 14.8 Å². The molecule has 0 saturated carbocycles. The molecule has 0 amide bonds. The van der Waals surface area contributed by atoms with E-state index in [1.807, 2.05) is 24.4 Å². The zero-order chi connectivity index (χ0) is 17.6. The second-order valence-electron chi connectivity index (χ2n) is 5.81. The fourth-order valence-electron chi connectivity index (χ4n) is 2.70. The topological polar surface area (TPSA) is 56.3 Å². The lowest BCUT2D eigenvalue weighted by atomic mass is 10.1. The molecule has 5 nitrogen and oxygen atoms in total. The minimum Gasteiger partial charge on any atom is -0.493 e. The number of unbranched alkanes of at least 4 members (excludes halogenated alkanes) is 2. The van der Waals surface area contributed by atoms with Crippen LogP contribution in [-0.2, 0) is 0 Å². The van der Waals surface area contributed by atoms with Crippen LogP contribution in [0, 0.1) is 0 Å². The Kier molecular flexibility index (Phi) is 5.71. The van der Waals surface area contributed by atoms with E-state index in [9.17, 15) is 0 Å². The van der Waals surface area contributed by atoms with Crippen molar-refractivity contribution in [2.24, 2.45) is 0 Å². The van der Waals surface area contributed by atoms with Gasteiger partial charge < -0.3 is 14.8 Å². The lowest BCUT2D eigenvalue weighted by molar-refractivity contribution is 0.355. The van der Waals surface area contributed by atoms with E-state index in [1.54, 1.807) is 14.2 Å². The van der Waals surface area contributed by atoms with E-state index < -0.39 is 0 Å². The standard InChI is InChI=1S/C19H23N3O2S/c1-4-5-6-9-20-19-18-15(22-25-19)10-14(12-21-18)13-7-8-16(23-2)17(11-13)24-3/h7-8,10-12,20H,4-6,9H2,1-3H3. The van der Waals surface area contributed by atoms with Crippen LogP contribution in [0.1, 0.15) is 26.2 Å². The molecule has 0 fully saturated rings. The Labute approximate surface area is 152 Å². The number of anilines is 1. The number of pyridine rings is 1. The summed E-state index contributed by atoms with van der Waals surface area (Å²) in [7, 11) is 3.27. The van der Waals surface area contributed by atoms with Gasteiger partial charge in [-0.3, -0.25) is 4.98 Å². The van der Waals surface area contributed by atoms with Crippen molar-refractivity contribution in [3.63, 3.8) is 0 Å². The summed E-state index contributed by atoms with van der Waals surface area (Å²) < 4.78 is 15.2. The lowest BCUT2D eigenvalue weighted by Gasteiger charge is -2.09. The number of fused-ring (bicyclic) bond motifs is 1. The molecule has 0 saturated heterocycles. The van der Waals surface area contributed by atoms with E-state index in [2.05, 4.69) is 27.7 Å². The van der Waals surface area contributed by atoms with Gasteiger partial charge in [0.25, 0.3) is 0 Å². The number of ether oxygens (including phenoxy) is 2. The molecule has 132 valence electrons. The van der Waals surface area contributed by atoms with Gasteiger partial charge in [0.2, 0.25) is 0 Å². The molecule has 1 aromatic carbocycles. The van der Waals surface area contributed by atoms with Gasteiger partial charge in [-0.05, 0) is 41.7 Å². The van der Waals surface area contributed by atoms with Gasteiger partial charge in [-0.2, -0.15) is 4.37 Å². The highest BCUT2D eigenvalue weighted by atomic mass is 32.1. The fourth-order valence-corrected chi connectivity index (χ4v) is 3.44. The molecule has 0 aliphatic heterocycles. The molecule has 3 rings (SSSR count). The highest BCUT2D eigenvalue weighted by Crippen LogP contribution is 2.34. The number of rotatable bonds is 8. The minimum absolute atomic E-state index is 0.705. The van der Waals surface area contributed by atoms with Crippen molar-refractivity contribution < 1.29 is 9.47 Å². The van der Waals surface area contributed by atoms with Crippen LogP contribution >= 0.6 is 11.5 Å². The van der Waals surface area contributed by atoms with Crippen LogP contribution in [0.3, 0.4) is 0 Å². The summed E-state index contributed by atoms with van der Waals surface area (Å²) in [6, 6.07) is 7.93. The molecule has 0 bridgehead atoms. The van der Waals surface area contributed by atoms with E-state index in [-0.39, 0.29) is 0 Å². The third-order valence-corrected chi connectivity index (χ3v) is 4.91. The Hall–Kier alpha value is -2.34. The van der Waals surface area contributed by atoms with Crippen LogP contribution in [0.4, 0.5) is 5.00 Å². The van der Waals surface area contributed by atoms with Gasteiger partial charge in [0.15, 0.2) is 11.5 Å². The lowest BCUT2D eigenvalue weighted by Crippen LogP contribution is -2.00. The maximum atomic E-state index is 5.39. The summed E-state index contributed by atoms with van der Waals surface area (Å²) in [5.74, 6) is 1.42. The van der Waals surface area contributed by atoms with Crippen LogP contribution in [-0.4, -0.2) is 30.1 Å². The average molecular weight is 357 g/mol. The van der Waals surface area contributed by atoms with Gasteiger partial charge in [0.05, 0.1) is 14.2 Å². The maximum Gasteiger partial charge on any atom is 0.161 e. The predicted molar refractivity (Wildman–Crippen MR) is 104 cm³/mol. The zero-order valence-corrected chi connectivity index (χ0v) is 15.7. The van der Waals surface area contributed by atoms with Crippen LogP contribution in [0.15, 0.2) is 30.5 Å². The van der Waals surface area contributed by atoms with E-state index in [4.69, 9.17) is 9.47 Å². The monoisotopic (exact) mass is 357 g/mol. The van der Waals surface area contributed by atoms with Crippen molar-refractivity contribution >= 4 is 27.6 Å². The highest BCUT2D eigenvalue weighted by Gasteiger charge is 2.11. The van der Waals surface area contributed by atoms with Crippen molar-refractivity contribution in [3.05, 3.63) is 30.5 Å². The van der Waals surface area contributed by atoms with Crippen molar-refractivity contribution in [2.45, 2.75) is 26.2 Å². The Morgan fingerprint density at radius 2 is 1.88 bits per heavy atom. The number of nitrogens with zero attached hydrogens (tertiary/aromatic N) is 2. The van der Waals surface area contributed by atoms with E-state index in [0.29, 0.717) is 11.5 Å². The Balaban J connectivity index is 1.84. The third-order valence-electron chi connectivity index (χ3n) is 4.10. The van der Waals surface area contributed by atoms with Gasteiger partial charge in [0, 0.05) is 18.3 Å². The molecule has 0 radical (unpaired) electrons. The summed E-state index contributed by atoms with van der Waals surface area (Å²) >= 11 is 1.47. The summed E-state index contributed by atoms with van der Waals surface area (Å²) in [6.07, 6.45) is 5.51. The predicted octanol–water partition coefficient (Wildman–Crippen LogP) is 4.98. The van der Waals surface area contributed by atoms with Crippen molar-refractivity contribution in [3.8, 4) is 22.6 Å². The first-order valence-corrected chi connectivity index (χ1v) is 9.25. The quantitative estimate of drug-likeness (QED) is 0.576. The number of nitrogens with one attached hydrogen (secondary N) is 1. The number of methoxy groups -OCH3 is 2. The number of hydrogen-bond donors (Lipinski definition) is 1. The minimum atomic E-state index is 0.705. The third kappa shape index (κ3) is 3.85. The van der Waals surface area contributed by atoms with E-state index in [1.165, 1.54) is 30.8 Å². The first-order chi connectivity index (χ1) is 12.3. The summed E-state index contributed by atoms with van der Waals surface area (Å²) in [5.41, 5.74) is 3.88. The molecule has 0 aliphatic carbocycles. The molecular formula is C19H23N3O2S. The maximum absolute atomic E-state index is 5.39. The molecule has 25 heavy (non-hydrogen) atoms. The van der Waals surface area contributed by atoms with Crippen LogP contribution in [0.25, 0.3) is 22.2 Å². The molecular weight excluding hydrogens is 334 g/mol. The molecule has 2 heterocycles. The van der Waals surface area contributed by atoms with E-state index >= 15 is 0 Å². The molecule has 0 unspecified atom stereocenters. The number of aromatic nitrogens is 2. The molecule has 0 spiro atoms. The Morgan fingerprint density at radius 1 is 1.04 bits per heavy atom. The molecule has 2 aromatic heterocycles. The van der Waals surface area contributed by atoms with Gasteiger partial charge in [-0.15, -0.1) is 0 Å². The largest absolute Gasteiger partial charge is 0.493 e. The normalized spacial score (nSPS) is 10.8. The second-order valence-corrected chi connectivity index (χ2v) is 6.58. The fraction of sp³-hybridized carbons (Fsp3) is 0.368. The van der Waals surface area contributed by atoms with Gasteiger partial charge in [-0.1, -0.05) is 25.8 Å². The van der Waals surface area contributed by atoms with Crippen molar-refractivity contribution in [1.82, 2.24) is 9.36 Å². The first kappa shape index (κ1) is 17.5. The van der Waals surface area contributed by atoms with Crippen LogP contribution in [0.2, 0.25) is 0 Å². The molecule has 1 N–H and O–H groups in total. The molecule has 6 heteroatoms.